The van der Waals surface area contributed by atoms with Crippen LogP contribution in [0.25, 0.3) is 0 Å². The van der Waals surface area contributed by atoms with Gasteiger partial charge >= 0.3 is 0 Å². The lowest BCUT2D eigenvalue weighted by Gasteiger charge is -2.36. The summed E-state index contributed by atoms with van der Waals surface area (Å²) in [5, 5.41) is 8.85. The van der Waals surface area contributed by atoms with E-state index in [1.165, 1.54) is 12.1 Å². The van der Waals surface area contributed by atoms with Crippen LogP contribution in [-0.4, -0.2) is 53.7 Å². The molecule has 0 saturated carbocycles. The van der Waals surface area contributed by atoms with Gasteiger partial charge in [-0.1, -0.05) is 6.58 Å². The maximum Gasteiger partial charge on any atom is 0.0558 e. The second kappa shape index (κ2) is 3.07. The van der Waals surface area contributed by atoms with Crippen LogP contribution >= 0.6 is 0 Å². The van der Waals surface area contributed by atoms with Gasteiger partial charge in [-0.05, 0) is 6.42 Å². The molecule has 2 fully saturated rings. The summed E-state index contributed by atoms with van der Waals surface area (Å²) in [4.78, 5) is 4.70. The van der Waals surface area contributed by atoms with Crippen molar-refractivity contribution in [1.82, 2.24) is 9.80 Å². The van der Waals surface area contributed by atoms with Crippen LogP contribution in [0.1, 0.15) is 6.42 Å². The third kappa shape index (κ3) is 1.23. The molecule has 2 aliphatic rings. The van der Waals surface area contributed by atoms with Crippen LogP contribution in [0.2, 0.25) is 0 Å². The van der Waals surface area contributed by atoms with E-state index in [0.717, 1.165) is 26.2 Å². The van der Waals surface area contributed by atoms with E-state index in [1.807, 2.05) is 0 Å². The van der Waals surface area contributed by atoms with E-state index in [4.69, 9.17) is 5.11 Å². The van der Waals surface area contributed by atoms with Crippen molar-refractivity contribution in [1.29, 1.82) is 0 Å². The van der Waals surface area contributed by atoms with Crippen LogP contribution in [0, 0.1) is 0 Å². The Balaban J connectivity index is 2.02. The summed E-state index contributed by atoms with van der Waals surface area (Å²) in [5.41, 5.74) is 1.22. The monoisotopic (exact) mass is 168 g/mol. The zero-order valence-electron chi connectivity index (χ0n) is 7.37. The van der Waals surface area contributed by atoms with Crippen molar-refractivity contribution in [2.24, 2.45) is 0 Å². The van der Waals surface area contributed by atoms with Gasteiger partial charge in [0.05, 0.1) is 6.61 Å². The maximum atomic E-state index is 8.85. The van der Waals surface area contributed by atoms with Crippen LogP contribution in [-0.2, 0) is 0 Å². The lowest BCUT2D eigenvalue weighted by atomic mass is 10.2. The molecule has 3 heteroatoms. The summed E-state index contributed by atoms with van der Waals surface area (Å²) in [6.07, 6.45) is 1.24. The predicted octanol–water partition coefficient (Wildman–Crippen LogP) is -0.118. The van der Waals surface area contributed by atoms with Crippen molar-refractivity contribution in [2.45, 2.75) is 12.5 Å². The third-order valence-corrected chi connectivity index (χ3v) is 2.90. The third-order valence-electron chi connectivity index (χ3n) is 2.90. The smallest absolute Gasteiger partial charge is 0.0558 e. The number of aliphatic hydroxyl groups is 1. The molecule has 0 aliphatic carbocycles. The molecule has 0 amide bonds. The first-order chi connectivity index (χ1) is 5.81. The van der Waals surface area contributed by atoms with E-state index < -0.39 is 0 Å². The molecule has 2 rings (SSSR count). The first kappa shape index (κ1) is 8.08. The quantitative estimate of drug-likeness (QED) is 0.623. The highest BCUT2D eigenvalue weighted by molar-refractivity contribution is 5.07. The molecule has 2 heterocycles. The standard InChI is InChI=1S/C9H16N2O/c1-8-6-11(4-5-12)9-2-3-10(8)7-9/h9,12H,1-7H2. The maximum absolute atomic E-state index is 8.85. The van der Waals surface area contributed by atoms with E-state index in [2.05, 4.69) is 16.4 Å². The second-order valence-electron chi connectivity index (χ2n) is 3.65. The van der Waals surface area contributed by atoms with Crippen molar-refractivity contribution in [2.75, 3.05) is 32.8 Å². The summed E-state index contributed by atoms with van der Waals surface area (Å²) < 4.78 is 0. The molecule has 0 aromatic heterocycles. The van der Waals surface area contributed by atoms with E-state index >= 15 is 0 Å². The number of rotatable bonds is 2. The summed E-state index contributed by atoms with van der Waals surface area (Å²) >= 11 is 0. The highest BCUT2D eigenvalue weighted by Crippen LogP contribution is 2.25. The molecule has 0 spiro atoms. The van der Waals surface area contributed by atoms with Crippen LogP contribution in [0.3, 0.4) is 0 Å². The Morgan fingerprint density at radius 2 is 2.42 bits per heavy atom. The highest BCUT2D eigenvalue weighted by Gasteiger charge is 2.33. The fourth-order valence-corrected chi connectivity index (χ4v) is 2.18. The largest absolute Gasteiger partial charge is 0.395 e. The molecule has 0 aromatic rings. The zero-order chi connectivity index (χ0) is 8.55. The average molecular weight is 168 g/mol. The fraction of sp³-hybridized carbons (Fsp3) is 0.778. The molecule has 1 atom stereocenters. The van der Waals surface area contributed by atoms with Gasteiger partial charge in [0, 0.05) is 37.9 Å². The minimum absolute atomic E-state index is 0.268. The van der Waals surface area contributed by atoms with E-state index in [0.29, 0.717) is 6.04 Å². The number of nitrogens with zero attached hydrogens (tertiary/aromatic N) is 2. The van der Waals surface area contributed by atoms with Gasteiger partial charge in [-0.3, -0.25) is 4.90 Å². The van der Waals surface area contributed by atoms with Crippen LogP contribution < -0.4 is 0 Å². The lowest BCUT2D eigenvalue weighted by molar-refractivity contribution is 0.135. The Morgan fingerprint density at radius 1 is 1.58 bits per heavy atom. The van der Waals surface area contributed by atoms with Gasteiger partial charge in [-0.15, -0.1) is 0 Å². The summed E-state index contributed by atoms with van der Waals surface area (Å²) in [7, 11) is 0. The fourth-order valence-electron chi connectivity index (χ4n) is 2.18. The molecule has 3 nitrogen and oxygen atoms in total. The predicted molar refractivity (Wildman–Crippen MR) is 47.8 cm³/mol. The molecule has 68 valence electrons. The minimum Gasteiger partial charge on any atom is -0.395 e. The van der Waals surface area contributed by atoms with E-state index in [9.17, 15) is 0 Å². The van der Waals surface area contributed by atoms with Crippen molar-refractivity contribution >= 4 is 0 Å². The average Bonchev–Trinajstić information content (AvgIpc) is 2.46. The van der Waals surface area contributed by atoms with Crippen molar-refractivity contribution in [3.8, 4) is 0 Å². The SMILES string of the molecule is C=C1CN(CCO)C2CCN1C2. The van der Waals surface area contributed by atoms with Crippen LogP contribution in [0.4, 0.5) is 0 Å². The Labute approximate surface area is 73.3 Å². The Bertz CT molecular complexity index is 193. The Kier molecular flexibility index (Phi) is 2.07. The molecule has 12 heavy (non-hydrogen) atoms. The molecular formula is C9H16N2O. The van der Waals surface area contributed by atoms with Gasteiger partial charge in [0.1, 0.15) is 0 Å². The van der Waals surface area contributed by atoms with E-state index in [1.54, 1.807) is 0 Å². The van der Waals surface area contributed by atoms with Crippen molar-refractivity contribution in [3.63, 3.8) is 0 Å². The summed E-state index contributed by atoms with van der Waals surface area (Å²) in [6, 6.07) is 0.669. The van der Waals surface area contributed by atoms with Crippen molar-refractivity contribution in [3.05, 3.63) is 12.3 Å². The van der Waals surface area contributed by atoms with Crippen LogP contribution in [0.15, 0.2) is 12.3 Å². The molecular weight excluding hydrogens is 152 g/mol. The molecule has 0 radical (unpaired) electrons. The molecule has 2 aliphatic heterocycles. The molecule has 2 bridgehead atoms. The Hall–Kier alpha value is -0.540. The first-order valence-corrected chi connectivity index (χ1v) is 4.59. The summed E-state index contributed by atoms with van der Waals surface area (Å²) in [6.45, 7) is 8.33. The minimum atomic E-state index is 0.268. The Morgan fingerprint density at radius 3 is 3.17 bits per heavy atom. The van der Waals surface area contributed by atoms with Gasteiger partial charge in [0.25, 0.3) is 0 Å². The van der Waals surface area contributed by atoms with Crippen molar-refractivity contribution < 1.29 is 5.11 Å². The number of fused-ring (bicyclic) bond motifs is 2. The van der Waals surface area contributed by atoms with E-state index in [-0.39, 0.29) is 6.61 Å². The zero-order valence-corrected chi connectivity index (χ0v) is 7.37. The number of hydrogen-bond acceptors (Lipinski definition) is 3. The number of piperazine rings is 1. The lowest BCUT2D eigenvalue weighted by Crippen LogP contribution is -2.46. The normalized spacial score (nSPS) is 29.9. The van der Waals surface area contributed by atoms with Gasteiger partial charge in [-0.2, -0.15) is 0 Å². The highest BCUT2D eigenvalue weighted by atomic mass is 16.3. The number of aliphatic hydroxyl groups excluding tert-OH is 1. The first-order valence-electron chi connectivity index (χ1n) is 4.59. The molecule has 0 aromatic carbocycles. The number of β-amino-alcohol motifs (C(OH)–C–C–N with tert-alkyl or cyclic N) is 1. The summed E-state index contributed by atoms with van der Waals surface area (Å²) in [5.74, 6) is 0. The molecule has 1 unspecified atom stereocenters. The van der Waals surface area contributed by atoms with Gasteiger partial charge in [0.2, 0.25) is 0 Å². The molecule has 2 saturated heterocycles. The molecule has 1 N–H and O–H groups in total. The second-order valence-corrected chi connectivity index (χ2v) is 3.65. The number of hydrogen-bond donors (Lipinski definition) is 1. The topological polar surface area (TPSA) is 26.7 Å². The van der Waals surface area contributed by atoms with Gasteiger partial charge < -0.3 is 10.0 Å². The van der Waals surface area contributed by atoms with Crippen LogP contribution in [0.5, 0.6) is 0 Å². The van der Waals surface area contributed by atoms with Gasteiger partial charge in [-0.25, -0.2) is 0 Å². The van der Waals surface area contributed by atoms with Gasteiger partial charge in [0.15, 0.2) is 0 Å².